The van der Waals surface area contributed by atoms with Gasteiger partial charge in [-0.25, -0.2) is 4.98 Å². The van der Waals surface area contributed by atoms with E-state index in [9.17, 15) is 9.59 Å². The number of amides is 1. The summed E-state index contributed by atoms with van der Waals surface area (Å²) in [6.07, 6.45) is 5.78. The second kappa shape index (κ2) is 9.07. The molecule has 6 nitrogen and oxygen atoms in total. The van der Waals surface area contributed by atoms with Crippen LogP contribution in [0.3, 0.4) is 0 Å². The van der Waals surface area contributed by atoms with Crippen molar-refractivity contribution in [3.63, 3.8) is 0 Å². The van der Waals surface area contributed by atoms with Gasteiger partial charge in [0.2, 0.25) is 5.91 Å². The third-order valence-electron chi connectivity index (χ3n) is 5.25. The summed E-state index contributed by atoms with van der Waals surface area (Å²) in [6.45, 7) is 7.69. The van der Waals surface area contributed by atoms with E-state index in [0.717, 1.165) is 42.4 Å². The van der Waals surface area contributed by atoms with Gasteiger partial charge in [-0.1, -0.05) is 31.5 Å². The zero-order chi connectivity index (χ0) is 21.0. The summed E-state index contributed by atoms with van der Waals surface area (Å²) >= 11 is 0. The summed E-state index contributed by atoms with van der Waals surface area (Å²) in [5, 5.41) is 1.53. The average Bonchev–Trinajstić information content (AvgIpc) is 3.23. The molecule has 0 fully saturated rings. The molecule has 2 aromatic heterocycles. The van der Waals surface area contributed by atoms with Crippen LogP contribution >= 0.6 is 0 Å². The SMILES string of the molecule is CCCN(CCC)C(=O)CCc1c(-c2cnco2)n(C)c(=O)c2cc(C)ccc12. The Morgan fingerprint density at radius 1 is 1.17 bits per heavy atom. The number of hydrogen-bond donors (Lipinski definition) is 0. The number of pyridine rings is 1. The van der Waals surface area contributed by atoms with Gasteiger partial charge in [0.15, 0.2) is 12.2 Å². The molecule has 3 aromatic rings. The molecule has 0 radical (unpaired) electrons. The predicted octanol–water partition coefficient (Wildman–Crippen LogP) is 4.08. The predicted molar refractivity (Wildman–Crippen MR) is 115 cm³/mol. The van der Waals surface area contributed by atoms with E-state index in [4.69, 9.17) is 4.42 Å². The third-order valence-corrected chi connectivity index (χ3v) is 5.25. The molecule has 154 valence electrons. The smallest absolute Gasteiger partial charge is 0.258 e. The van der Waals surface area contributed by atoms with Crippen LogP contribution in [-0.2, 0) is 18.3 Å². The Morgan fingerprint density at radius 2 is 1.90 bits per heavy atom. The number of aromatic nitrogens is 2. The largest absolute Gasteiger partial charge is 0.442 e. The zero-order valence-corrected chi connectivity index (χ0v) is 17.7. The van der Waals surface area contributed by atoms with Crippen molar-refractivity contribution in [3.05, 3.63) is 52.3 Å². The van der Waals surface area contributed by atoms with Crippen LogP contribution in [0.1, 0.15) is 44.2 Å². The maximum absolute atomic E-state index is 13.0. The first-order valence-corrected chi connectivity index (χ1v) is 10.3. The van der Waals surface area contributed by atoms with Gasteiger partial charge in [0, 0.05) is 31.9 Å². The Labute approximate surface area is 171 Å². The van der Waals surface area contributed by atoms with E-state index in [1.807, 2.05) is 30.0 Å². The molecule has 0 spiro atoms. The highest BCUT2D eigenvalue weighted by molar-refractivity contribution is 5.90. The molecule has 0 aliphatic rings. The van der Waals surface area contributed by atoms with Crippen LogP contribution in [0.4, 0.5) is 0 Å². The molecule has 0 saturated carbocycles. The second-order valence-electron chi connectivity index (χ2n) is 7.49. The molecule has 2 heterocycles. The molecule has 6 heteroatoms. The Morgan fingerprint density at radius 3 is 2.52 bits per heavy atom. The van der Waals surface area contributed by atoms with Crippen LogP contribution in [0.5, 0.6) is 0 Å². The van der Waals surface area contributed by atoms with Gasteiger partial charge >= 0.3 is 0 Å². The van der Waals surface area contributed by atoms with Gasteiger partial charge in [-0.3, -0.25) is 9.59 Å². The van der Waals surface area contributed by atoms with Crippen molar-refractivity contribution in [2.75, 3.05) is 13.1 Å². The molecule has 1 aromatic carbocycles. The fourth-order valence-corrected chi connectivity index (χ4v) is 3.90. The van der Waals surface area contributed by atoms with Crippen molar-refractivity contribution in [3.8, 4) is 11.5 Å². The number of rotatable bonds is 8. The monoisotopic (exact) mass is 395 g/mol. The maximum atomic E-state index is 13.0. The van der Waals surface area contributed by atoms with Gasteiger partial charge in [0.25, 0.3) is 5.56 Å². The second-order valence-corrected chi connectivity index (χ2v) is 7.49. The number of carbonyl (C=O) groups excluding carboxylic acids is 1. The summed E-state index contributed by atoms with van der Waals surface area (Å²) in [6, 6.07) is 5.88. The number of hydrogen-bond acceptors (Lipinski definition) is 4. The lowest BCUT2D eigenvalue weighted by Crippen LogP contribution is -2.32. The topological polar surface area (TPSA) is 68.3 Å². The minimum absolute atomic E-state index is 0.0798. The van der Waals surface area contributed by atoms with E-state index >= 15 is 0 Å². The van der Waals surface area contributed by atoms with Crippen molar-refractivity contribution < 1.29 is 9.21 Å². The van der Waals surface area contributed by atoms with Crippen molar-refractivity contribution in [1.29, 1.82) is 0 Å². The lowest BCUT2D eigenvalue weighted by atomic mass is 9.97. The van der Waals surface area contributed by atoms with Gasteiger partial charge in [0.05, 0.1) is 11.9 Å². The van der Waals surface area contributed by atoms with Crippen molar-refractivity contribution in [2.24, 2.45) is 7.05 Å². The van der Waals surface area contributed by atoms with E-state index in [1.54, 1.807) is 17.8 Å². The summed E-state index contributed by atoms with van der Waals surface area (Å²) in [5.41, 5.74) is 2.58. The summed E-state index contributed by atoms with van der Waals surface area (Å²) < 4.78 is 7.14. The van der Waals surface area contributed by atoms with E-state index in [2.05, 4.69) is 18.8 Å². The third kappa shape index (κ3) is 4.26. The van der Waals surface area contributed by atoms with Crippen LogP contribution in [0.25, 0.3) is 22.2 Å². The summed E-state index contributed by atoms with van der Waals surface area (Å²) in [4.78, 5) is 31.8. The highest BCUT2D eigenvalue weighted by Gasteiger charge is 2.20. The summed E-state index contributed by atoms with van der Waals surface area (Å²) in [5.74, 6) is 0.680. The highest BCUT2D eigenvalue weighted by atomic mass is 16.3. The Bertz CT molecular complexity index is 1050. The molecule has 0 atom stereocenters. The van der Waals surface area contributed by atoms with Crippen molar-refractivity contribution >= 4 is 16.7 Å². The minimum atomic E-state index is -0.0798. The van der Waals surface area contributed by atoms with Crippen LogP contribution in [0.2, 0.25) is 0 Å². The Kier molecular flexibility index (Phi) is 6.52. The van der Waals surface area contributed by atoms with E-state index < -0.39 is 0 Å². The maximum Gasteiger partial charge on any atom is 0.258 e. The quantitative estimate of drug-likeness (QED) is 0.576. The van der Waals surface area contributed by atoms with Crippen molar-refractivity contribution in [2.45, 2.75) is 46.5 Å². The summed E-state index contributed by atoms with van der Waals surface area (Å²) in [7, 11) is 1.74. The number of fused-ring (bicyclic) bond motifs is 1. The van der Waals surface area contributed by atoms with E-state index in [0.29, 0.717) is 29.7 Å². The molecule has 0 bridgehead atoms. The highest BCUT2D eigenvalue weighted by Crippen LogP contribution is 2.29. The van der Waals surface area contributed by atoms with Gasteiger partial charge in [0.1, 0.15) is 0 Å². The Hall–Kier alpha value is -2.89. The first-order valence-electron chi connectivity index (χ1n) is 10.3. The molecule has 0 aliphatic carbocycles. The molecule has 3 rings (SSSR count). The molecule has 29 heavy (non-hydrogen) atoms. The van der Waals surface area contributed by atoms with Gasteiger partial charge in [-0.05, 0) is 43.2 Å². The number of nitrogens with zero attached hydrogens (tertiary/aromatic N) is 3. The van der Waals surface area contributed by atoms with Crippen LogP contribution in [0.15, 0.2) is 40.0 Å². The van der Waals surface area contributed by atoms with Crippen molar-refractivity contribution in [1.82, 2.24) is 14.5 Å². The first-order chi connectivity index (χ1) is 14.0. The fourth-order valence-electron chi connectivity index (χ4n) is 3.90. The molecule has 1 amide bonds. The number of benzene rings is 1. The average molecular weight is 396 g/mol. The standard InChI is InChI=1S/C23H29N3O3/c1-5-11-26(12-6-2)21(27)10-9-18-17-8-7-16(3)13-19(17)23(28)25(4)22(18)20-14-24-15-29-20/h7-8,13-15H,5-6,9-12H2,1-4H3. The van der Waals surface area contributed by atoms with E-state index in [1.165, 1.54) is 6.39 Å². The molecular weight excluding hydrogens is 366 g/mol. The fraction of sp³-hybridized carbons (Fsp3) is 0.435. The Balaban J connectivity index is 2.08. The number of aryl methyl sites for hydroxylation is 2. The zero-order valence-electron chi connectivity index (χ0n) is 17.7. The van der Waals surface area contributed by atoms with Gasteiger partial charge in [-0.15, -0.1) is 0 Å². The molecular formula is C23H29N3O3. The normalized spacial score (nSPS) is 11.2. The minimum Gasteiger partial charge on any atom is -0.442 e. The van der Waals surface area contributed by atoms with Crippen LogP contribution < -0.4 is 5.56 Å². The lowest BCUT2D eigenvalue weighted by molar-refractivity contribution is -0.131. The van der Waals surface area contributed by atoms with Crippen LogP contribution in [-0.4, -0.2) is 33.4 Å². The van der Waals surface area contributed by atoms with Gasteiger partial charge in [-0.2, -0.15) is 0 Å². The first kappa shape index (κ1) is 20.8. The van der Waals surface area contributed by atoms with Crippen LogP contribution in [0, 0.1) is 6.92 Å². The number of oxazole rings is 1. The molecule has 0 N–H and O–H groups in total. The molecule has 0 aliphatic heterocycles. The molecule has 0 saturated heterocycles. The lowest BCUT2D eigenvalue weighted by Gasteiger charge is -2.22. The number of carbonyl (C=O) groups is 1. The van der Waals surface area contributed by atoms with Gasteiger partial charge < -0.3 is 13.9 Å². The van der Waals surface area contributed by atoms with E-state index in [-0.39, 0.29) is 11.5 Å². The molecule has 0 unspecified atom stereocenters.